The van der Waals surface area contributed by atoms with E-state index in [0.29, 0.717) is 39.1 Å². The summed E-state index contributed by atoms with van der Waals surface area (Å²) in [6, 6.07) is 5.97. The van der Waals surface area contributed by atoms with Gasteiger partial charge in [0.05, 0.1) is 13.0 Å². The summed E-state index contributed by atoms with van der Waals surface area (Å²) in [6.07, 6.45) is 1.32. The molecule has 0 aromatic heterocycles. The number of rotatable bonds is 3. The highest BCUT2D eigenvalue weighted by atomic mass is 16.5. The molecule has 0 bridgehead atoms. The summed E-state index contributed by atoms with van der Waals surface area (Å²) in [5, 5.41) is 2.97. The molecular formula is C20H29N3O3. The number of fused-ring (bicyclic) bond motifs is 1. The van der Waals surface area contributed by atoms with Gasteiger partial charge in [-0.1, -0.05) is 32.9 Å². The minimum absolute atomic E-state index is 0.0364. The number of carbonyl (C=O) groups excluding carboxylic acids is 2. The highest BCUT2D eigenvalue weighted by Crippen LogP contribution is 2.26. The molecule has 26 heavy (non-hydrogen) atoms. The number of amides is 3. The SMILES string of the molecule is CC(C)(C)CNC(=O)N1CCN(C(=O)Cc2ccc3c(c2)CCO3)CC1. The molecule has 0 saturated carbocycles. The van der Waals surface area contributed by atoms with E-state index in [1.165, 1.54) is 5.56 Å². The number of benzene rings is 1. The molecule has 142 valence electrons. The summed E-state index contributed by atoms with van der Waals surface area (Å²) in [5.74, 6) is 1.06. The third-order valence-electron chi connectivity index (χ3n) is 4.80. The van der Waals surface area contributed by atoms with Crippen LogP contribution in [0, 0.1) is 5.41 Å². The van der Waals surface area contributed by atoms with Crippen LogP contribution >= 0.6 is 0 Å². The molecule has 0 atom stereocenters. The van der Waals surface area contributed by atoms with E-state index >= 15 is 0 Å². The Labute approximate surface area is 155 Å². The molecule has 2 aliphatic rings. The number of ether oxygens (including phenoxy) is 1. The standard InChI is InChI=1S/C20H29N3O3/c1-20(2,3)14-21-19(25)23-9-7-22(8-10-23)18(24)13-15-4-5-17-16(12-15)6-11-26-17/h4-5,12H,6-11,13-14H2,1-3H3,(H,21,25). The Balaban J connectivity index is 1.47. The molecule has 6 nitrogen and oxygen atoms in total. The van der Waals surface area contributed by atoms with Gasteiger partial charge < -0.3 is 19.9 Å². The van der Waals surface area contributed by atoms with Gasteiger partial charge in [0.2, 0.25) is 5.91 Å². The zero-order valence-electron chi connectivity index (χ0n) is 16.0. The number of urea groups is 1. The molecule has 1 aromatic rings. The van der Waals surface area contributed by atoms with Gasteiger partial charge in [0, 0.05) is 39.1 Å². The first-order valence-electron chi connectivity index (χ1n) is 9.37. The molecule has 0 unspecified atom stereocenters. The third-order valence-corrected chi connectivity index (χ3v) is 4.80. The number of nitrogens with one attached hydrogen (secondary N) is 1. The van der Waals surface area contributed by atoms with Crippen LogP contribution in [-0.2, 0) is 17.6 Å². The van der Waals surface area contributed by atoms with Crippen molar-refractivity contribution in [3.05, 3.63) is 29.3 Å². The molecule has 1 saturated heterocycles. The number of carbonyl (C=O) groups is 2. The summed E-state index contributed by atoms with van der Waals surface area (Å²) in [5.41, 5.74) is 2.29. The first kappa shape index (κ1) is 18.5. The van der Waals surface area contributed by atoms with Crippen LogP contribution in [0.1, 0.15) is 31.9 Å². The van der Waals surface area contributed by atoms with Gasteiger partial charge in [-0.25, -0.2) is 4.79 Å². The van der Waals surface area contributed by atoms with E-state index in [2.05, 4.69) is 32.2 Å². The largest absolute Gasteiger partial charge is 0.493 e. The summed E-state index contributed by atoms with van der Waals surface area (Å²) in [6.45, 7) is 10.0. The van der Waals surface area contributed by atoms with Crippen LogP contribution in [0.25, 0.3) is 0 Å². The molecule has 2 aliphatic heterocycles. The first-order valence-corrected chi connectivity index (χ1v) is 9.37. The average Bonchev–Trinajstić information content (AvgIpc) is 3.07. The van der Waals surface area contributed by atoms with Crippen molar-refractivity contribution >= 4 is 11.9 Å². The molecule has 0 spiro atoms. The Kier molecular flexibility index (Phi) is 5.39. The Hall–Kier alpha value is -2.24. The summed E-state index contributed by atoms with van der Waals surface area (Å²) in [7, 11) is 0. The molecule has 2 heterocycles. The molecule has 0 aliphatic carbocycles. The highest BCUT2D eigenvalue weighted by Gasteiger charge is 2.25. The summed E-state index contributed by atoms with van der Waals surface area (Å²) in [4.78, 5) is 28.4. The van der Waals surface area contributed by atoms with Gasteiger partial charge in [-0.05, 0) is 22.6 Å². The average molecular weight is 359 g/mol. The number of nitrogens with zero attached hydrogens (tertiary/aromatic N) is 2. The fraction of sp³-hybridized carbons (Fsp3) is 0.600. The number of hydrogen-bond acceptors (Lipinski definition) is 3. The maximum Gasteiger partial charge on any atom is 0.317 e. The van der Waals surface area contributed by atoms with Gasteiger partial charge in [0.1, 0.15) is 5.75 Å². The van der Waals surface area contributed by atoms with Crippen LogP contribution < -0.4 is 10.1 Å². The molecule has 0 radical (unpaired) electrons. The van der Waals surface area contributed by atoms with Gasteiger partial charge in [0.25, 0.3) is 0 Å². The molecular weight excluding hydrogens is 330 g/mol. The number of piperazine rings is 1. The van der Waals surface area contributed by atoms with E-state index in [4.69, 9.17) is 4.74 Å². The molecule has 1 fully saturated rings. The summed E-state index contributed by atoms with van der Waals surface area (Å²) < 4.78 is 5.51. The fourth-order valence-corrected chi connectivity index (χ4v) is 3.25. The smallest absolute Gasteiger partial charge is 0.317 e. The van der Waals surface area contributed by atoms with Crippen molar-refractivity contribution in [1.29, 1.82) is 0 Å². The molecule has 6 heteroatoms. The zero-order valence-corrected chi connectivity index (χ0v) is 16.0. The molecule has 3 amide bonds. The lowest BCUT2D eigenvalue weighted by Crippen LogP contribution is -2.54. The van der Waals surface area contributed by atoms with Crippen LogP contribution in [-0.4, -0.2) is 61.1 Å². The van der Waals surface area contributed by atoms with Gasteiger partial charge in [-0.15, -0.1) is 0 Å². The Bertz CT molecular complexity index is 673. The second-order valence-corrected chi connectivity index (χ2v) is 8.30. The second kappa shape index (κ2) is 7.56. The van der Waals surface area contributed by atoms with Gasteiger partial charge in [0.15, 0.2) is 0 Å². The van der Waals surface area contributed by atoms with E-state index in [-0.39, 0.29) is 17.4 Å². The van der Waals surface area contributed by atoms with Crippen molar-refractivity contribution in [2.75, 3.05) is 39.3 Å². The van der Waals surface area contributed by atoms with Gasteiger partial charge in [-0.3, -0.25) is 4.79 Å². The predicted molar refractivity (Wildman–Crippen MR) is 100 cm³/mol. The zero-order chi connectivity index (χ0) is 18.7. The Morgan fingerprint density at radius 2 is 1.81 bits per heavy atom. The Morgan fingerprint density at radius 1 is 1.12 bits per heavy atom. The quantitative estimate of drug-likeness (QED) is 0.899. The maximum atomic E-state index is 12.6. The third kappa shape index (κ3) is 4.68. The lowest BCUT2D eigenvalue weighted by atomic mass is 9.97. The minimum Gasteiger partial charge on any atom is -0.493 e. The first-order chi connectivity index (χ1) is 12.3. The van der Waals surface area contributed by atoms with Crippen molar-refractivity contribution in [2.24, 2.45) is 5.41 Å². The fourth-order valence-electron chi connectivity index (χ4n) is 3.25. The van der Waals surface area contributed by atoms with Gasteiger partial charge >= 0.3 is 6.03 Å². The van der Waals surface area contributed by atoms with Crippen molar-refractivity contribution < 1.29 is 14.3 Å². The second-order valence-electron chi connectivity index (χ2n) is 8.30. The van der Waals surface area contributed by atoms with Crippen LogP contribution in [0.3, 0.4) is 0 Å². The Morgan fingerprint density at radius 3 is 2.50 bits per heavy atom. The topological polar surface area (TPSA) is 61.9 Å². The highest BCUT2D eigenvalue weighted by molar-refractivity contribution is 5.80. The van der Waals surface area contributed by atoms with E-state index in [1.807, 2.05) is 17.0 Å². The van der Waals surface area contributed by atoms with Crippen LogP contribution in [0.4, 0.5) is 4.79 Å². The van der Waals surface area contributed by atoms with Crippen LogP contribution in [0.2, 0.25) is 0 Å². The van der Waals surface area contributed by atoms with E-state index < -0.39 is 0 Å². The monoisotopic (exact) mass is 359 g/mol. The lowest BCUT2D eigenvalue weighted by Gasteiger charge is -2.35. The number of hydrogen-bond donors (Lipinski definition) is 1. The lowest BCUT2D eigenvalue weighted by molar-refractivity contribution is -0.131. The van der Waals surface area contributed by atoms with E-state index in [1.54, 1.807) is 4.90 Å². The summed E-state index contributed by atoms with van der Waals surface area (Å²) >= 11 is 0. The molecule has 1 aromatic carbocycles. The molecule has 1 N–H and O–H groups in total. The van der Waals surface area contributed by atoms with Crippen molar-refractivity contribution in [1.82, 2.24) is 15.1 Å². The van der Waals surface area contributed by atoms with Crippen molar-refractivity contribution in [3.63, 3.8) is 0 Å². The predicted octanol–water partition coefficient (Wildman–Crippen LogP) is 2.06. The van der Waals surface area contributed by atoms with Crippen molar-refractivity contribution in [3.8, 4) is 5.75 Å². The van der Waals surface area contributed by atoms with E-state index in [9.17, 15) is 9.59 Å². The van der Waals surface area contributed by atoms with Gasteiger partial charge in [-0.2, -0.15) is 0 Å². The van der Waals surface area contributed by atoms with Crippen LogP contribution in [0.15, 0.2) is 18.2 Å². The van der Waals surface area contributed by atoms with Crippen molar-refractivity contribution in [2.45, 2.75) is 33.6 Å². The van der Waals surface area contributed by atoms with E-state index in [0.717, 1.165) is 24.3 Å². The minimum atomic E-state index is -0.0364. The normalized spacial score (nSPS) is 16.9. The maximum absolute atomic E-state index is 12.6. The van der Waals surface area contributed by atoms with Crippen LogP contribution in [0.5, 0.6) is 5.75 Å². The molecule has 3 rings (SSSR count).